The Labute approximate surface area is 99.4 Å². The van der Waals surface area contributed by atoms with Crippen LogP contribution in [0.25, 0.3) is 0 Å². The van der Waals surface area contributed by atoms with Crippen molar-refractivity contribution in [3.8, 4) is 0 Å². The van der Waals surface area contributed by atoms with Crippen molar-refractivity contribution in [2.45, 2.75) is 13.1 Å². The summed E-state index contributed by atoms with van der Waals surface area (Å²) < 4.78 is 6.70. The van der Waals surface area contributed by atoms with Gasteiger partial charge in [0.05, 0.1) is 18.4 Å². The van der Waals surface area contributed by atoms with E-state index in [9.17, 15) is 0 Å². The molecule has 7 nitrogen and oxygen atoms in total. The Bertz CT molecular complexity index is 461. The van der Waals surface area contributed by atoms with Crippen molar-refractivity contribution < 1.29 is 4.52 Å². The number of nitrogens with zero attached hydrogens (tertiary/aromatic N) is 5. The van der Waals surface area contributed by atoms with Crippen LogP contribution in [0.4, 0.5) is 5.95 Å². The zero-order valence-corrected chi connectivity index (χ0v) is 10.2. The van der Waals surface area contributed by atoms with Gasteiger partial charge in [-0.25, -0.2) is 4.98 Å². The van der Waals surface area contributed by atoms with Gasteiger partial charge in [-0.15, -0.1) is 0 Å². The van der Waals surface area contributed by atoms with E-state index in [2.05, 4.69) is 25.0 Å². The predicted molar refractivity (Wildman–Crippen MR) is 62.4 cm³/mol. The summed E-state index contributed by atoms with van der Waals surface area (Å²) in [4.78, 5) is 10.2. The number of imidazole rings is 1. The molecule has 0 atom stereocenters. The summed E-state index contributed by atoms with van der Waals surface area (Å²) in [7, 11) is 5.94. The molecule has 0 saturated heterocycles. The fraction of sp³-hybridized carbons (Fsp3) is 0.500. The molecule has 0 spiro atoms. The van der Waals surface area contributed by atoms with Crippen molar-refractivity contribution in [3.05, 3.63) is 24.1 Å². The van der Waals surface area contributed by atoms with E-state index in [0.717, 1.165) is 11.6 Å². The zero-order chi connectivity index (χ0) is 12.3. The maximum absolute atomic E-state index is 4.65. The van der Waals surface area contributed by atoms with Crippen LogP contribution in [0.1, 0.15) is 11.5 Å². The van der Waals surface area contributed by atoms with Gasteiger partial charge in [-0.05, 0) is 0 Å². The third-order valence-corrected chi connectivity index (χ3v) is 2.46. The van der Waals surface area contributed by atoms with E-state index in [1.165, 1.54) is 6.39 Å². The summed E-state index contributed by atoms with van der Waals surface area (Å²) in [5, 5.41) is 6.96. The smallest absolute Gasteiger partial charge is 0.213 e. The number of anilines is 1. The van der Waals surface area contributed by atoms with E-state index in [0.29, 0.717) is 18.9 Å². The van der Waals surface area contributed by atoms with Crippen molar-refractivity contribution in [1.82, 2.24) is 25.0 Å². The first-order valence-electron chi connectivity index (χ1n) is 5.32. The zero-order valence-electron chi connectivity index (χ0n) is 10.2. The monoisotopic (exact) mass is 236 g/mol. The molecule has 0 aromatic carbocycles. The molecule has 7 heteroatoms. The van der Waals surface area contributed by atoms with E-state index < -0.39 is 0 Å². The summed E-state index contributed by atoms with van der Waals surface area (Å²) in [6.07, 6.45) is 3.18. The second kappa shape index (κ2) is 4.96. The molecule has 0 amide bonds. The Balaban J connectivity index is 1.91. The van der Waals surface area contributed by atoms with Crippen LogP contribution in [0.3, 0.4) is 0 Å². The lowest BCUT2D eigenvalue weighted by atomic mass is 10.4. The molecule has 2 aromatic heterocycles. The van der Waals surface area contributed by atoms with Crippen LogP contribution in [0.5, 0.6) is 0 Å². The highest BCUT2D eigenvalue weighted by Crippen LogP contribution is 2.10. The first-order valence-corrected chi connectivity index (χ1v) is 5.32. The predicted octanol–water partition coefficient (Wildman–Crippen LogP) is 0.159. The molecule has 0 aliphatic rings. The van der Waals surface area contributed by atoms with Gasteiger partial charge in [-0.3, -0.25) is 0 Å². The van der Waals surface area contributed by atoms with E-state index in [1.807, 2.05) is 36.8 Å². The Morgan fingerprint density at radius 3 is 2.76 bits per heavy atom. The normalized spacial score (nSPS) is 10.8. The largest absolute Gasteiger partial charge is 0.348 e. The molecule has 0 bridgehead atoms. The molecular weight excluding hydrogens is 220 g/mol. The molecule has 2 rings (SSSR count). The lowest BCUT2D eigenvalue weighted by Gasteiger charge is -2.12. The van der Waals surface area contributed by atoms with E-state index in [1.54, 1.807) is 0 Å². The number of hydrogen-bond acceptors (Lipinski definition) is 6. The molecule has 2 aromatic rings. The maximum Gasteiger partial charge on any atom is 0.213 e. The van der Waals surface area contributed by atoms with Crippen molar-refractivity contribution in [3.63, 3.8) is 0 Å². The van der Waals surface area contributed by atoms with Gasteiger partial charge in [-0.2, -0.15) is 4.98 Å². The molecular formula is C10H16N6O. The molecule has 92 valence electrons. The SMILES string of the molecule is CN(C)c1ncc(CNCc2ncon2)n1C. The summed E-state index contributed by atoms with van der Waals surface area (Å²) in [6.45, 7) is 1.30. The molecule has 17 heavy (non-hydrogen) atoms. The maximum atomic E-state index is 4.65. The molecule has 0 aliphatic carbocycles. The van der Waals surface area contributed by atoms with E-state index >= 15 is 0 Å². The van der Waals surface area contributed by atoms with Crippen molar-refractivity contribution in [1.29, 1.82) is 0 Å². The molecule has 0 saturated carbocycles. The Morgan fingerprint density at radius 2 is 2.18 bits per heavy atom. The molecule has 0 unspecified atom stereocenters. The van der Waals surface area contributed by atoms with Crippen LogP contribution in [-0.2, 0) is 20.1 Å². The third-order valence-electron chi connectivity index (χ3n) is 2.46. The fourth-order valence-electron chi connectivity index (χ4n) is 1.59. The lowest BCUT2D eigenvalue weighted by Crippen LogP contribution is -2.18. The van der Waals surface area contributed by atoms with Crippen LogP contribution >= 0.6 is 0 Å². The lowest BCUT2D eigenvalue weighted by molar-refractivity contribution is 0.407. The minimum Gasteiger partial charge on any atom is -0.348 e. The van der Waals surface area contributed by atoms with Crippen molar-refractivity contribution >= 4 is 5.95 Å². The summed E-state index contributed by atoms with van der Waals surface area (Å²) >= 11 is 0. The number of nitrogens with one attached hydrogen (secondary N) is 1. The molecule has 2 heterocycles. The summed E-state index contributed by atoms with van der Waals surface area (Å²) in [5.74, 6) is 1.58. The average molecular weight is 236 g/mol. The van der Waals surface area contributed by atoms with E-state index in [-0.39, 0.29) is 0 Å². The van der Waals surface area contributed by atoms with Gasteiger partial charge >= 0.3 is 0 Å². The van der Waals surface area contributed by atoms with Gasteiger partial charge in [0.2, 0.25) is 12.3 Å². The third kappa shape index (κ3) is 2.62. The number of hydrogen-bond donors (Lipinski definition) is 1. The average Bonchev–Trinajstić information content (AvgIpc) is 2.89. The quantitative estimate of drug-likeness (QED) is 0.797. The van der Waals surface area contributed by atoms with Crippen LogP contribution in [-0.4, -0.2) is 33.8 Å². The second-order valence-electron chi connectivity index (χ2n) is 3.95. The highest BCUT2D eigenvalue weighted by molar-refractivity contribution is 5.30. The van der Waals surface area contributed by atoms with Gasteiger partial charge in [-0.1, -0.05) is 5.16 Å². The standard InChI is InChI=1S/C10H16N6O/c1-15(2)10-12-5-8(16(10)3)4-11-6-9-13-7-17-14-9/h5,7,11H,4,6H2,1-3H3. The van der Waals surface area contributed by atoms with Crippen LogP contribution < -0.4 is 10.2 Å². The Kier molecular flexibility index (Phi) is 3.38. The summed E-state index contributed by atoms with van der Waals surface area (Å²) in [6, 6.07) is 0. The number of aromatic nitrogens is 4. The Morgan fingerprint density at radius 1 is 1.35 bits per heavy atom. The molecule has 0 radical (unpaired) electrons. The highest BCUT2D eigenvalue weighted by Gasteiger charge is 2.07. The van der Waals surface area contributed by atoms with Gasteiger partial charge in [0.1, 0.15) is 0 Å². The Hall–Kier alpha value is -1.89. The van der Waals surface area contributed by atoms with E-state index in [4.69, 9.17) is 0 Å². The first-order chi connectivity index (χ1) is 8.18. The first kappa shape index (κ1) is 11.6. The van der Waals surface area contributed by atoms with Crippen LogP contribution in [0.15, 0.2) is 17.1 Å². The van der Waals surface area contributed by atoms with Crippen molar-refractivity contribution in [2.75, 3.05) is 19.0 Å². The summed E-state index contributed by atoms with van der Waals surface area (Å²) in [5.41, 5.74) is 1.11. The van der Waals surface area contributed by atoms with Gasteiger partial charge in [0.25, 0.3) is 0 Å². The highest BCUT2D eigenvalue weighted by atomic mass is 16.5. The van der Waals surface area contributed by atoms with Gasteiger partial charge < -0.3 is 19.3 Å². The van der Waals surface area contributed by atoms with Crippen LogP contribution in [0.2, 0.25) is 0 Å². The fourth-order valence-corrected chi connectivity index (χ4v) is 1.59. The minimum absolute atomic E-state index is 0.582. The molecule has 0 fully saturated rings. The second-order valence-corrected chi connectivity index (χ2v) is 3.95. The number of rotatable bonds is 5. The molecule has 0 aliphatic heterocycles. The minimum atomic E-state index is 0.582. The molecule has 1 N–H and O–H groups in total. The van der Waals surface area contributed by atoms with Gasteiger partial charge in [0.15, 0.2) is 5.82 Å². The van der Waals surface area contributed by atoms with Crippen LogP contribution in [0, 0.1) is 0 Å². The van der Waals surface area contributed by atoms with Crippen molar-refractivity contribution in [2.24, 2.45) is 7.05 Å². The topological polar surface area (TPSA) is 72.0 Å². The van der Waals surface area contributed by atoms with Gasteiger partial charge in [0, 0.05) is 27.7 Å².